The lowest BCUT2D eigenvalue weighted by molar-refractivity contribution is 0.274. The Morgan fingerprint density at radius 3 is 2.55 bits per heavy atom. The minimum Gasteiger partial charge on any atom is -0.478 e. The van der Waals surface area contributed by atoms with Crippen LogP contribution in [0.25, 0.3) is 0 Å². The lowest BCUT2D eigenvalue weighted by Gasteiger charge is -2.39. The van der Waals surface area contributed by atoms with E-state index >= 15 is 0 Å². The number of hydrogen-bond acceptors (Lipinski definition) is 4. The SMILES string of the molecule is CCO.CCOc1ccc(C2NC3C=CC2CC3)cn1. The fraction of sp³-hybridized carbons (Fsp3) is 0.562. The molecule has 3 aliphatic rings. The maximum Gasteiger partial charge on any atom is 0.213 e. The van der Waals surface area contributed by atoms with Crippen molar-refractivity contribution >= 4 is 0 Å². The summed E-state index contributed by atoms with van der Waals surface area (Å²) in [6, 6.07) is 5.08. The number of aliphatic hydroxyl groups is 1. The fourth-order valence-electron chi connectivity index (χ4n) is 2.76. The summed E-state index contributed by atoms with van der Waals surface area (Å²) in [5.41, 5.74) is 1.27. The second-order valence-corrected chi connectivity index (χ2v) is 5.06. The van der Waals surface area contributed by atoms with E-state index in [0.29, 0.717) is 30.5 Å². The zero-order valence-electron chi connectivity index (χ0n) is 12.2. The van der Waals surface area contributed by atoms with Crippen LogP contribution in [0.4, 0.5) is 0 Å². The molecule has 1 saturated heterocycles. The molecule has 4 heteroatoms. The quantitative estimate of drug-likeness (QED) is 0.833. The number of pyridine rings is 1. The molecule has 4 rings (SSSR count). The standard InChI is InChI=1S/C14H18N2O.C2H6O/c1-2-17-13-8-5-11(9-15-13)14-10-3-6-12(16-14)7-4-10;1-2-3/h3,5-6,8-10,12,14,16H,2,4,7H2,1H3;3H,2H2,1H3. The lowest BCUT2D eigenvalue weighted by atomic mass is 9.79. The molecule has 0 aromatic carbocycles. The summed E-state index contributed by atoms with van der Waals surface area (Å²) < 4.78 is 5.36. The number of aliphatic hydroxyl groups excluding tert-OH is 1. The van der Waals surface area contributed by atoms with Crippen molar-refractivity contribution in [2.24, 2.45) is 5.92 Å². The van der Waals surface area contributed by atoms with E-state index in [-0.39, 0.29) is 6.61 Å². The Kier molecular flexibility index (Phi) is 5.56. The van der Waals surface area contributed by atoms with Crippen molar-refractivity contribution in [1.29, 1.82) is 0 Å². The van der Waals surface area contributed by atoms with Crippen LogP contribution >= 0.6 is 0 Å². The van der Waals surface area contributed by atoms with Gasteiger partial charge in [0.1, 0.15) is 0 Å². The first-order valence-electron chi connectivity index (χ1n) is 7.42. The Morgan fingerprint density at radius 2 is 2.10 bits per heavy atom. The maximum atomic E-state index is 7.57. The average molecular weight is 276 g/mol. The maximum absolute atomic E-state index is 7.57. The Labute approximate surface area is 120 Å². The highest BCUT2D eigenvalue weighted by atomic mass is 16.5. The number of aromatic nitrogens is 1. The monoisotopic (exact) mass is 276 g/mol. The molecule has 1 aliphatic carbocycles. The summed E-state index contributed by atoms with van der Waals surface area (Å²) in [5, 5.41) is 11.2. The van der Waals surface area contributed by atoms with Gasteiger partial charge in [0, 0.05) is 31.0 Å². The van der Waals surface area contributed by atoms with Gasteiger partial charge in [-0.2, -0.15) is 0 Å². The number of rotatable bonds is 3. The molecule has 1 fully saturated rings. The number of nitrogens with zero attached hydrogens (tertiary/aromatic N) is 1. The van der Waals surface area contributed by atoms with Crippen LogP contribution in [-0.4, -0.2) is 29.3 Å². The largest absolute Gasteiger partial charge is 0.478 e. The number of ether oxygens (including phenoxy) is 1. The average Bonchev–Trinajstić information content (AvgIpc) is 2.50. The number of fused-ring (bicyclic) bond motifs is 2. The van der Waals surface area contributed by atoms with E-state index < -0.39 is 0 Å². The first kappa shape index (κ1) is 15.0. The van der Waals surface area contributed by atoms with Crippen molar-refractivity contribution in [3.05, 3.63) is 36.0 Å². The molecule has 0 radical (unpaired) electrons. The molecule has 0 amide bonds. The molecule has 1 aromatic rings. The van der Waals surface area contributed by atoms with Gasteiger partial charge < -0.3 is 15.2 Å². The Bertz CT molecular complexity index is 431. The summed E-state index contributed by atoms with van der Waals surface area (Å²) in [7, 11) is 0. The molecule has 4 nitrogen and oxygen atoms in total. The molecule has 0 spiro atoms. The van der Waals surface area contributed by atoms with E-state index in [1.54, 1.807) is 6.92 Å². The van der Waals surface area contributed by atoms with Crippen molar-refractivity contribution in [3.8, 4) is 5.88 Å². The van der Waals surface area contributed by atoms with Gasteiger partial charge in [0.2, 0.25) is 5.88 Å². The fourth-order valence-corrected chi connectivity index (χ4v) is 2.76. The summed E-state index contributed by atoms with van der Waals surface area (Å²) in [4.78, 5) is 4.34. The second kappa shape index (κ2) is 7.41. The van der Waals surface area contributed by atoms with Crippen molar-refractivity contribution < 1.29 is 9.84 Å². The highest BCUT2D eigenvalue weighted by Gasteiger charge is 2.32. The van der Waals surface area contributed by atoms with Crippen LogP contribution in [0.1, 0.15) is 38.3 Å². The molecule has 110 valence electrons. The highest BCUT2D eigenvalue weighted by molar-refractivity contribution is 5.26. The van der Waals surface area contributed by atoms with Gasteiger partial charge in [-0.15, -0.1) is 0 Å². The molecule has 20 heavy (non-hydrogen) atoms. The minimum absolute atomic E-state index is 0.250. The molecule has 3 atom stereocenters. The summed E-state index contributed by atoms with van der Waals surface area (Å²) >= 11 is 0. The number of hydrogen-bond donors (Lipinski definition) is 2. The first-order chi connectivity index (χ1) is 9.78. The predicted octanol–water partition coefficient (Wildman–Crippen LogP) is 2.46. The van der Waals surface area contributed by atoms with E-state index in [2.05, 4.69) is 28.5 Å². The molecule has 2 aliphatic heterocycles. The molecule has 3 unspecified atom stereocenters. The van der Waals surface area contributed by atoms with E-state index in [1.165, 1.54) is 18.4 Å². The van der Waals surface area contributed by atoms with Gasteiger partial charge in [0.15, 0.2) is 0 Å². The Morgan fingerprint density at radius 1 is 1.30 bits per heavy atom. The topological polar surface area (TPSA) is 54.4 Å². The van der Waals surface area contributed by atoms with Gasteiger partial charge in [-0.1, -0.05) is 18.2 Å². The van der Waals surface area contributed by atoms with E-state index in [9.17, 15) is 0 Å². The highest BCUT2D eigenvalue weighted by Crippen LogP contribution is 2.36. The smallest absolute Gasteiger partial charge is 0.213 e. The number of nitrogens with one attached hydrogen (secondary N) is 1. The summed E-state index contributed by atoms with van der Waals surface area (Å²) in [6.07, 6.45) is 9.14. The lowest BCUT2D eigenvalue weighted by Crippen LogP contribution is -2.43. The van der Waals surface area contributed by atoms with E-state index in [0.717, 1.165) is 0 Å². The van der Waals surface area contributed by atoms with Gasteiger partial charge in [0.05, 0.1) is 6.61 Å². The Balaban J connectivity index is 0.000000452. The van der Waals surface area contributed by atoms with E-state index in [4.69, 9.17) is 9.84 Å². The summed E-state index contributed by atoms with van der Waals surface area (Å²) in [6.45, 7) is 4.57. The van der Waals surface area contributed by atoms with Crippen molar-refractivity contribution in [2.45, 2.75) is 38.8 Å². The van der Waals surface area contributed by atoms with Crippen LogP contribution in [0.2, 0.25) is 0 Å². The third-order valence-electron chi connectivity index (χ3n) is 3.63. The van der Waals surface area contributed by atoms with Crippen LogP contribution in [0.15, 0.2) is 30.5 Å². The first-order valence-corrected chi connectivity index (χ1v) is 7.42. The van der Waals surface area contributed by atoms with Crippen LogP contribution in [0.5, 0.6) is 5.88 Å². The van der Waals surface area contributed by atoms with Crippen molar-refractivity contribution in [3.63, 3.8) is 0 Å². The predicted molar refractivity (Wildman–Crippen MR) is 79.7 cm³/mol. The van der Waals surface area contributed by atoms with Crippen molar-refractivity contribution in [1.82, 2.24) is 10.3 Å². The molecule has 2 bridgehead atoms. The van der Waals surface area contributed by atoms with Gasteiger partial charge in [-0.25, -0.2) is 4.98 Å². The van der Waals surface area contributed by atoms with Crippen LogP contribution in [0.3, 0.4) is 0 Å². The third kappa shape index (κ3) is 3.58. The molecule has 0 saturated carbocycles. The zero-order valence-corrected chi connectivity index (χ0v) is 12.2. The second-order valence-electron chi connectivity index (χ2n) is 5.06. The zero-order chi connectivity index (χ0) is 14.4. The Hall–Kier alpha value is -1.39. The van der Waals surface area contributed by atoms with Crippen LogP contribution < -0.4 is 10.1 Å². The van der Waals surface area contributed by atoms with Gasteiger partial charge >= 0.3 is 0 Å². The van der Waals surface area contributed by atoms with E-state index in [1.807, 2.05) is 19.2 Å². The van der Waals surface area contributed by atoms with Crippen LogP contribution in [-0.2, 0) is 0 Å². The van der Waals surface area contributed by atoms with Gasteiger partial charge in [-0.3, -0.25) is 0 Å². The minimum atomic E-state index is 0.250. The van der Waals surface area contributed by atoms with Crippen molar-refractivity contribution in [2.75, 3.05) is 13.2 Å². The van der Waals surface area contributed by atoms with Gasteiger partial charge in [-0.05, 0) is 38.2 Å². The molecule has 3 heterocycles. The third-order valence-corrected chi connectivity index (χ3v) is 3.63. The normalized spacial score (nSPS) is 26.9. The molecule has 1 aromatic heterocycles. The van der Waals surface area contributed by atoms with Gasteiger partial charge in [0.25, 0.3) is 0 Å². The number of piperidine rings is 1. The molecular weight excluding hydrogens is 252 g/mol. The molecule has 2 N–H and O–H groups in total. The molecular formula is C16H24N2O2. The summed E-state index contributed by atoms with van der Waals surface area (Å²) in [5.74, 6) is 1.34. The van der Waals surface area contributed by atoms with Crippen LogP contribution in [0, 0.1) is 5.92 Å².